The van der Waals surface area contributed by atoms with Gasteiger partial charge in [-0.05, 0) is 32.1 Å². The lowest BCUT2D eigenvalue weighted by Crippen LogP contribution is -2.78. The van der Waals surface area contributed by atoms with Gasteiger partial charge in [0.2, 0.25) is 17.3 Å². The lowest BCUT2D eigenvalue weighted by molar-refractivity contribution is -0.210. The van der Waals surface area contributed by atoms with Crippen LogP contribution >= 0.6 is 11.6 Å². The number of benzene rings is 2. The number of fused-ring (bicyclic) bond motifs is 3. The van der Waals surface area contributed by atoms with Gasteiger partial charge in [-0.25, -0.2) is 9.59 Å². The predicted molar refractivity (Wildman–Crippen MR) is 227 cm³/mol. The first-order chi connectivity index (χ1) is 31.1. The standard InChI is InChI=1S/C46H42ClNO18/c1-20-16-29(51)45(61)43(60,18-20)19-30(52)44-41(58)33-24(40(57)46(44,45)66-44)13-12-23(36(33)55)27-17-28(38(21(2)62-27)63-22(3)49)64-32(54)11-9-7-5-4-6-8-10-31(53)48-35-37(56)25-14-15-26(50)34(47)39(25)65-42(35)59/h4-16,21,27-28,30,38,41,50,52,55-56,58,60-61H,17-19H2,1-3H3,(H,48,53)/b6-4+,7-5+,10-8+,11-9+/t21-,27-,28-,30+,38-,41-,43-,44+,45-,46-/m1/s1. The third kappa shape index (κ3) is 6.88. The van der Waals surface area contributed by atoms with Gasteiger partial charge >= 0.3 is 17.6 Å². The number of phenolic OH excluding ortho intramolecular Hbond substituents is 2. The molecular formula is C46H42ClNO18. The van der Waals surface area contributed by atoms with Crippen LogP contribution in [0, 0.1) is 0 Å². The summed E-state index contributed by atoms with van der Waals surface area (Å²) in [6, 6.07) is 4.95. The Morgan fingerprint density at radius 3 is 2.30 bits per heavy atom. The Morgan fingerprint density at radius 1 is 0.924 bits per heavy atom. The Hall–Kier alpha value is -6.45. The molecule has 1 saturated carbocycles. The number of carbonyl (C=O) groups excluding carboxylic acids is 5. The number of carbonyl (C=O) groups is 5. The van der Waals surface area contributed by atoms with Crippen LogP contribution in [0.5, 0.6) is 17.2 Å². The van der Waals surface area contributed by atoms with E-state index in [0.29, 0.717) is 5.57 Å². The van der Waals surface area contributed by atoms with Crippen molar-refractivity contribution in [3.63, 3.8) is 0 Å². The summed E-state index contributed by atoms with van der Waals surface area (Å²) in [5.74, 6) is -6.08. The number of epoxide rings is 1. The molecule has 5 aliphatic rings. The fraction of sp³-hybridized carbons (Fsp3) is 0.348. The quantitative estimate of drug-likeness (QED) is 0.0503. The maximum absolute atomic E-state index is 14.4. The third-order valence-electron chi connectivity index (χ3n) is 12.7. The van der Waals surface area contributed by atoms with E-state index < -0.39 is 118 Å². The van der Waals surface area contributed by atoms with E-state index in [1.807, 2.05) is 0 Å². The number of hydrogen-bond acceptors (Lipinski definition) is 18. The molecule has 19 nitrogen and oxygen atoms in total. The molecule has 3 heterocycles. The minimum absolute atomic E-state index is 0.00805. The van der Waals surface area contributed by atoms with Gasteiger partial charge in [0.15, 0.2) is 40.1 Å². The van der Waals surface area contributed by atoms with Crippen LogP contribution in [0.4, 0.5) is 5.69 Å². The number of nitrogens with one attached hydrogen (secondary N) is 1. The van der Waals surface area contributed by atoms with Crippen LogP contribution < -0.4 is 10.9 Å². The molecule has 10 atom stereocenters. The van der Waals surface area contributed by atoms with E-state index in [0.717, 1.165) is 25.2 Å². The number of esters is 2. The van der Waals surface area contributed by atoms with Gasteiger partial charge in [0.05, 0.1) is 23.7 Å². The van der Waals surface area contributed by atoms with Gasteiger partial charge in [-0.1, -0.05) is 65.8 Å². The highest BCUT2D eigenvalue weighted by Crippen LogP contribution is 2.74. The lowest BCUT2D eigenvalue weighted by atomic mass is 9.50. The average molecular weight is 932 g/mol. The van der Waals surface area contributed by atoms with Crippen molar-refractivity contribution in [2.75, 3.05) is 5.32 Å². The SMILES string of the molecule is CC(=O)O[C@@H]1[C@@H](C)O[C@@H](c2ccc3c(c2O)[C@@H](O)[C@]24O[C@@]2(C3=O)[C@@]2(O)C(=O)C=C(C)C[C@@]2(O)C[C@@H]4O)C[C@H]1OC(=O)/C=C/C=C/C=C/C=C/C(=O)Nc1c(O)c2ccc(O)c(Cl)c2oc1=O. The molecule has 1 aromatic heterocycles. The van der Waals surface area contributed by atoms with Crippen molar-refractivity contribution in [2.24, 2.45) is 0 Å². The molecule has 2 aliphatic heterocycles. The number of aliphatic hydroxyl groups is 4. The van der Waals surface area contributed by atoms with Crippen LogP contribution in [0.15, 0.2) is 93.7 Å². The number of amides is 1. The zero-order valence-electron chi connectivity index (χ0n) is 35.1. The number of anilines is 1. The van der Waals surface area contributed by atoms with Gasteiger partial charge in [-0.2, -0.15) is 0 Å². The summed E-state index contributed by atoms with van der Waals surface area (Å²) in [5, 5.41) is 80.8. The van der Waals surface area contributed by atoms with Crippen LogP contribution in [0.1, 0.15) is 73.7 Å². The van der Waals surface area contributed by atoms with Crippen LogP contribution in [0.3, 0.4) is 0 Å². The maximum atomic E-state index is 14.4. The maximum Gasteiger partial charge on any atom is 0.364 e. The van der Waals surface area contributed by atoms with Gasteiger partial charge in [-0.15, -0.1) is 0 Å². The summed E-state index contributed by atoms with van der Waals surface area (Å²) in [7, 11) is 0. The van der Waals surface area contributed by atoms with E-state index >= 15 is 0 Å². The van der Waals surface area contributed by atoms with Crippen LogP contribution in [0.2, 0.25) is 5.02 Å². The first-order valence-electron chi connectivity index (χ1n) is 20.5. The van der Waals surface area contributed by atoms with E-state index in [4.69, 9.17) is 35.0 Å². The molecule has 20 heteroatoms. The molecule has 0 bridgehead atoms. The molecule has 346 valence electrons. The number of Topliss-reactive ketones (excluding diaryl/α,β-unsaturated/α-hetero) is 1. The van der Waals surface area contributed by atoms with E-state index in [2.05, 4.69) is 5.32 Å². The molecule has 66 heavy (non-hydrogen) atoms. The summed E-state index contributed by atoms with van der Waals surface area (Å²) < 4.78 is 28.2. The van der Waals surface area contributed by atoms with Crippen molar-refractivity contribution in [2.45, 2.75) is 99.1 Å². The number of ether oxygens (including phenoxy) is 4. The van der Waals surface area contributed by atoms with Gasteiger partial charge < -0.3 is 64.4 Å². The van der Waals surface area contributed by atoms with Crippen molar-refractivity contribution >= 4 is 57.7 Å². The second-order valence-electron chi connectivity index (χ2n) is 16.7. The number of aromatic hydroxyl groups is 3. The number of allylic oxidation sites excluding steroid dienone is 6. The summed E-state index contributed by atoms with van der Waals surface area (Å²) in [4.78, 5) is 77.7. The zero-order valence-corrected chi connectivity index (χ0v) is 35.8. The molecule has 8 rings (SSSR count). The number of ketones is 2. The van der Waals surface area contributed by atoms with Crippen molar-refractivity contribution in [1.82, 2.24) is 0 Å². The number of phenols is 2. The molecule has 0 spiro atoms. The fourth-order valence-corrected chi connectivity index (χ4v) is 9.99. The second kappa shape index (κ2) is 16.5. The van der Waals surface area contributed by atoms with Crippen LogP contribution in [-0.2, 0) is 38.1 Å². The molecule has 0 radical (unpaired) electrons. The normalized spacial score (nSPS) is 32.5. The molecule has 3 fully saturated rings. The first-order valence-corrected chi connectivity index (χ1v) is 20.8. The molecule has 8 N–H and O–H groups in total. The van der Waals surface area contributed by atoms with Crippen LogP contribution in [-0.4, -0.2) is 112 Å². The zero-order chi connectivity index (χ0) is 47.8. The minimum Gasteiger partial charge on any atom is -0.507 e. The topological polar surface area (TPSA) is 309 Å². The van der Waals surface area contributed by atoms with Gasteiger partial charge in [0, 0.05) is 55.0 Å². The average Bonchev–Trinajstić information content (AvgIpc) is 3.98. The molecular weight excluding hydrogens is 890 g/mol. The Bertz CT molecular complexity index is 2840. The molecule has 2 aromatic carbocycles. The number of aliphatic hydroxyl groups excluding tert-OH is 2. The Morgan fingerprint density at radius 2 is 1.61 bits per heavy atom. The Balaban J connectivity index is 0.943. The number of halogens is 1. The largest absolute Gasteiger partial charge is 0.507 e. The number of hydrogen-bond donors (Lipinski definition) is 8. The van der Waals surface area contributed by atoms with E-state index in [1.165, 1.54) is 67.6 Å². The first kappa shape index (κ1) is 46.1. The highest BCUT2D eigenvalue weighted by atomic mass is 35.5. The summed E-state index contributed by atoms with van der Waals surface area (Å²) in [5.41, 5.74) is -12.3. The fourth-order valence-electron chi connectivity index (χ4n) is 9.78. The molecule has 1 amide bonds. The Labute approximate surface area is 378 Å². The lowest BCUT2D eigenvalue weighted by Gasteiger charge is -2.54. The second-order valence-corrected chi connectivity index (χ2v) is 17.1. The molecule has 3 aromatic rings. The smallest absolute Gasteiger partial charge is 0.364 e. The van der Waals surface area contributed by atoms with Crippen molar-refractivity contribution in [1.29, 1.82) is 0 Å². The summed E-state index contributed by atoms with van der Waals surface area (Å²) in [6.45, 7) is 4.23. The highest BCUT2D eigenvalue weighted by molar-refractivity contribution is 6.36. The van der Waals surface area contributed by atoms with Gasteiger partial charge in [0.1, 0.15) is 34.3 Å². The summed E-state index contributed by atoms with van der Waals surface area (Å²) >= 11 is 5.94. The van der Waals surface area contributed by atoms with Crippen molar-refractivity contribution in [3.8, 4) is 17.2 Å². The van der Waals surface area contributed by atoms with Crippen molar-refractivity contribution in [3.05, 3.63) is 117 Å². The highest BCUT2D eigenvalue weighted by Gasteiger charge is 2.96. The molecule has 2 saturated heterocycles. The number of rotatable bonds is 9. The molecule has 0 unspecified atom stereocenters. The Kier molecular flexibility index (Phi) is 11.5. The van der Waals surface area contributed by atoms with E-state index in [1.54, 1.807) is 6.92 Å². The van der Waals surface area contributed by atoms with Gasteiger partial charge in [0.25, 0.3) is 0 Å². The summed E-state index contributed by atoms with van der Waals surface area (Å²) in [6.07, 6.45) is 2.51. The molecule has 3 aliphatic carbocycles. The van der Waals surface area contributed by atoms with Crippen LogP contribution in [0.25, 0.3) is 11.0 Å². The van der Waals surface area contributed by atoms with E-state index in [9.17, 15) is 64.5 Å². The monoisotopic (exact) mass is 931 g/mol. The predicted octanol–water partition coefficient (Wildman–Crippen LogP) is 3.00. The van der Waals surface area contributed by atoms with Crippen molar-refractivity contribution < 1.29 is 83.1 Å². The van der Waals surface area contributed by atoms with Gasteiger partial charge in [-0.3, -0.25) is 19.2 Å². The van der Waals surface area contributed by atoms with E-state index in [-0.39, 0.29) is 51.3 Å². The third-order valence-corrected chi connectivity index (χ3v) is 13.0. The minimum atomic E-state index is -2.88.